The molecule has 0 amide bonds. The number of benzene rings is 1. The van der Waals surface area contributed by atoms with Gasteiger partial charge in [0, 0.05) is 25.7 Å². The molecule has 5 rings (SSSR count). The second-order valence-electron chi connectivity index (χ2n) is 7.67. The molecule has 4 heterocycles. The van der Waals surface area contributed by atoms with Gasteiger partial charge in [0.1, 0.15) is 11.9 Å². The summed E-state index contributed by atoms with van der Waals surface area (Å²) in [6.45, 7) is 12.0. The van der Waals surface area contributed by atoms with Crippen LogP contribution in [-0.2, 0) is 0 Å². The van der Waals surface area contributed by atoms with Gasteiger partial charge < -0.3 is 9.74 Å². The van der Waals surface area contributed by atoms with Crippen LogP contribution in [0.2, 0.25) is 0 Å². The zero-order valence-corrected chi connectivity index (χ0v) is 16.3. The Labute approximate surface area is 169 Å². The van der Waals surface area contributed by atoms with E-state index in [4.69, 9.17) is 6.57 Å². The normalized spacial score (nSPS) is 21.7. The van der Waals surface area contributed by atoms with E-state index in [2.05, 4.69) is 66.2 Å². The number of aromatic nitrogens is 5. The topological polar surface area (TPSA) is 67.3 Å². The molecule has 0 saturated carbocycles. The van der Waals surface area contributed by atoms with E-state index in [1.807, 2.05) is 10.7 Å². The van der Waals surface area contributed by atoms with Crippen LogP contribution in [0.15, 0.2) is 42.9 Å². The molecule has 2 aromatic heterocycles. The molecule has 2 fully saturated rings. The molecule has 0 radical (unpaired) electrons. The van der Waals surface area contributed by atoms with E-state index >= 15 is 0 Å². The maximum Gasteiger partial charge on any atom is 0.312 e. The van der Waals surface area contributed by atoms with E-state index in [0.717, 1.165) is 43.9 Å². The predicted octanol–water partition coefficient (Wildman–Crippen LogP) is 2.94. The number of hydrogen-bond acceptors (Lipinski definition) is 6. The van der Waals surface area contributed by atoms with Crippen LogP contribution < -0.4 is 4.90 Å². The molecule has 8 nitrogen and oxygen atoms in total. The molecule has 0 unspecified atom stereocenters. The number of anilines is 1. The number of aryl methyl sites for hydroxylation is 1. The fraction of sp³-hybridized carbons (Fsp3) is 0.381. The third-order valence-electron chi connectivity index (χ3n) is 5.89. The van der Waals surface area contributed by atoms with Crippen LogP contribution in [0.3, 0.4) is 0 Å². The molecular formula is C21H22N8. The average molecular weight is 386 g/mol. The van der Waals surface area contributed by atoms with Crippen molar-refractivity contribution in [1.29, 1.82) is 0 Å². The number of nitrogens with zero attached hydrogens (tertiary/aromatic N) is 8. The second-order valence-corrected chi connectivity index (χ2v) is 7.67. The SMILES string of the molecule is [C-]#[N+]c1nccnc1N1CCN2[C@@H](CC[C@@H]2c2cn(-c3cccc(C)c3)nn2)C1. The predicted molar refractivity (Wildman–Crippen MR) is 109 cm³/mol. The molecule has 0 spiro atoms. The molecule has 29 heavy (non-hydrogen) atoms. The van der Waals surface area contributed by atoms with Crippen molar-refractivity contribution in [2.24, 2.45) is 0 Å². The molecule has 2 atom stereocenters. The highest BCUT2D eigenvalue weighted by atomic mass is 15.4. The van der Waals surface area contributed by atoms with Gasteiger partial charge in [-0.1, -0.05) is 23.9 Å². The quantitative estimate of drug-likeness (QED) is 0.645. The standard InChI is InChI=1S/C21H22N8/c1-15-4-3-5-16(12-15)29-14-18(25-26-29)19-7-6-17-13-27(10-11-28(17)19)21-20(22-2)23-8-9-24-21/h3-5,8-9,12,14,17,19H,6-7,10-11,13H2,1H3/t17-,19+/m0/s1. The molecule has 2 aliphatic heterocycles. The Bertz CT molecular complexity index is 1070. The van der Waals surface area contributed by atoms with Crippen molar-refractivity contribution in [1.82, 2.24) is 29.9 Å². The van der Waals surface area contributed by atoms with Crippen LogP contribution in [0.1, 0.15) is 30.1 Å². The number of piperazine rings is 1. The van der Waals surface area contributed by atoms with Gasteiger partial charge in [0.2, 0.25) is 0 Å². The molecule has 2 aliphatic rings. The lowest BCUT2D eigenvalue weighted by atomic mass is 10.1. The van der Waals surface area contributed by atoms with Gasteiger partial charge in [-0.05, 0) is 37.5 Å². The average Bonchev–Trinajstić information content (AvgIpc) is 3.40. The molecule has 8 heteroatoms. The fourth-order valence-electron chi connectivity index (χ4n) is 4.51. The number of rotatable bonds is 3. The third kappa shape index (κ3) is 3.23. The lowest BCUT2D eigenvalue weighted by Gasteiger charge is -2.40. The van der Waals surface area contributed by atoms with Crippen LogP contribution in [0.5, 0.6) is 0 Å². The van der Waals surface area contributed by atoms with Gasteiger partial charge in [-0.2, -0.15) is 0 Å². The second kappa shape index (κ2) is 7.26. The van der Waals surface area contributed by atoms with Crippen molar-refractivity contribution >= 4 is 11.6 Å². The van der Waals surface area contributed by atoms with Crippen LogP contribution in [0, 0.1) is 13.5 Å². The number of fused-ring (bicyclic) bond motifs is 1. The maximum atomic E-state index is 7.35. The maximum absolute atomic E-state index is 7.35. The Morgan fingerprint density at radius 3 is 2.90 bits per heavy atom. The molecule has 1 aromatic carbocycles. The Balaban J connectivity index is 1.33. The highest BCUT2D eigenvalue weighted by molar-refractivity contribution is 5.61. The zero-order chi connectivity index (χ0) is 19.8. The Kier molecular flexibility index (Phi) is 4.45. The first kappa shape index (κ1) is 17.8. The smallest absolute Gasteiger partial charge is 0.312 e. The number of hydrogen-bond donors (Lipinski definition) is 0. The summed E-state index contributed by atoms with van der Waals surface area (Å²) in [6.07, 6.45) is 7.48. The first-order valence-electron chi connectivity index (χ1n) is 9.91. The summed E-state index contributed by atoms with van der Waals surface area (Å²) in [5, 5.41) is 8.87. The van der Waals surface area contributed by atoms with Gasteiger partial charge in [0.05, 0.1) is 24.1 Å². The van der Waals surface area contributed by atoms with E-state index in [9.17, 15) is 0 Å². The van der Waals surface area contributed by atoms with Crippen molar-refractivity contribution in [3.05, 3.63) is 65.5 Å². The monoisotopic (exact) mass is 386 g/mol. The Morgan fingerprint density at radius 1 is 1.14 bits per heavy atom. The van der Waals surface area contributed by atoms with Crippen molar-refractivity contribution in [2.75, 3.05) is 24.5 Å². The lowest BCUT2D eigenvalue weighted by molar-refractivity contribution is 0.173. The third-order valence-corrected chi connectivity index (χ3v) is 5.89. The molecular weight excluding hydrogens is 364 g/mol. The van der Waals surface area contributed by atoms with Gasteiger partial charge in [0.15, 0.2) is 5.82 Å². The summed E-state index contributed by atoms with van der Waals surface area (Å²) < 4.78 is 1.87. The van der Waals surface area contributed by atoms with Crippen LogP contribution in [-0.4, -0.2) is 55.5 Å². The van der Waals surface area contributed by atoms with Gasteiger partial charge >= 0.3 is 5.82 Å². The molecule has 146 valence electrons. The first-order chi connectivity index (χ1) is 14.2. The van der Waals surface area contributed by atoms with E-state index < -0.39 is 0 Å². The van der Waals surface area contributed by atoms with Crippen molar-refractivity contribution in [2.45, 2.75) is 31.8 Å². The van der Waals surface area contributed by atoms with Crippen LogP contribution >= 0.6 is 0 Å². The summed E-state index contributed by atoms with van der Waals surface area (Å²) in [5.74, 6) is 1.09. The zero-order valence-electron chi connectivity index (χ0n) is 16.3. The summed E-state index contributed by atoms with van der Waals surface area (Å²) in [4.78, 5) is 16.8. The largest absolute Gasteiger partial charge is 0.361 e. The lowest BCUT2D eigenvalue weighted by Crippen LogP contribution is -2.51. The Hall–Kier alpha value is -3.31. The van der Waals surface area contributed by atoms with E-state index in [1.54, 1.807) is 12.4 Å². The highest BCUT2D eigenvalue weighted by Gasteiger charge is 2.40. The van der Waals surface area contributed by atoms with Crippen molar-refractivity contribution in [3.63, 3.8) is 0 Å². The van der Waals surface area contributed by atoms with Crippen LogP contribution in [0.25, 0.3) is 10.5 Å². The van der Waals surface area contributed by atoms with E-state index in [-0.39, 0.29) is 0 Å². The van der Waals surface area contributed by atoms with Gasteiger partial charge in [-0.25, -0.2) is 9.67 Å². The van der Waals surface area contributed by atoms with Gasteiger partial charge in [0.25, 0.3) is 0 Å². The fourth-order valence-corrected chi connectivity index (χ4v) is 4.51. The summed E-state index contributed by atoms with van der Waals surface area (Å²) in [6, 6.07) is 9.02. The molecule has 2 saturated heterocycles. The molecule has 3 aromatic rings. The van der Waals surface area contributed by atoms with Gasteiger partial charge in [-0.15, -0.1) is 10.1 Å². The minimum atomic E-state index is 0.294. The van der Waals surface area contributed by atoms with Crippen molar-refractivity contribution in [3.8, 4) is 5.69 Å². The van der Waals surface area contributed by atoms with Crippen molar-refractivity contribution < 1.29 is 0 Å². The minimum Gasteiger partial charge on any atom is -0.361 e. The molecule has 0 aliphatic carbocycles. The molecule has 0 N–H and O–H groups in total. The summed E-state index contributed by atoms with van der Waals surface area (Å²) in [5.41, 5.74) is 3.28. The van der Waals surface area contributed by atoms with Crippen LogP contribution in [0.4, 0.5) is 11.6 Å². The first-order valence-corrected chi connectivity index (χ1v) is 9.91. The highest BCUT2D eigenvalue weighted by Crippen LogP contribution is 2.38. The Morgan fingerprint density at radius 2 is 2.03 bits per heavy atom. The van der Waals surface area contributed by atoms with E-state index in [0.29, 0.717) is 23.7 Å². The van der Waals surface area contributed by atoms with E-state index in [1.165, 1.54) is 5.56 Å². The summed E-state index contributed by atoms with van der Waals surface area (Å²) >= 11 is 0. The summed E-state index contributed by atoms with van der Waals surface area (Å²) in [7, 11) is 0. The van der Waals surface area contributed by atoms with Gasteiger partial charge in [-0.3, -0.25) is 4.90 Å². The minimum absolute atomic E-state index is 0.294. The molecule has 0 bridgehead atoms.